The SMILES string of the molecule is CSc1nc2n(C/C=C\CO)nc(-c3ccccc3)c(=O)n2n1. The third-order valence-electron chi connectivity index (χ3n) is 3.20. The van der Waals surface area contributed by atoms with E-state index in [4.69, 9.17) is 5.11 Å². The first kappa shape index (κ1) is 15.4. The van der Waals surface area contributed by atoms with Crippen LogP contribution in [-0.2, 0) is 6.54 Å². The topological polar surface area (TPSA) is 85.3 Å². The average Bonchev–Trinajstić information content (AvgIpc) is 3.03. The Hall–Kier alpha value is -2.45. The van der Waals surface area contributed by atoms with Crippen molar-refractivity contribution in [3.05, 3.63) is 52.8 Å². The van der Waals surface area contributed by atoms with Crippen LogP contribution in [-0.4, -0.2) is 42.3 Å². The number of nitrogens with zero attached hydrogens (tertiary/aromatic N) is 5. The summed E-state index contributed by atoms with van der Waals surface area (Å²) >= 11 is 1.36. The number of thioether (sulfide) groups is 1. The van der Waals surface area contributed by atoms with E-state index in [-0.39, 0.29) is 12.2 Å². The Labute approximate surface area is 136 Å². The van der Waals surface area contributed by atoms with Gasteiger partial charge in [-0.2, -0.15) is 14.6 Å². The number of aliphatic hydroxyl groups is 1. The predicted octanol–water partition coefficient (Wildman–Crippen LogP) is 1.22. The minimum absolute atomic E-state index is 0.0508. The van der Waals surface area contributed by atoms with Gasteiger partial charge < -0.3 is 5.11 Å². The van der Waals surface area contributed by atoms with E-state index in [0.717, 1.165) is 5.56 Å². The maximum atomic E-state index is 12.7. The van der Waals surface area contributed by atoms with Gasteiger partial charge >= 0.3 is 5.56 Å². The summed E-state index contributed by atoms with van der Waals surface area (Å²) in [7, 11) is 0. The van der Waals surface area contributed by atoms with E-state index in [2.05, 4.69) is 15.2 Å². The van der Waals surface area contributed by atoms with Crippen LogP contribution in [0.2, 0.25) is 0 Å². The maximum Gasteiger partial charge on any atom is 0.302 e. The molecule has 0 unspecified atom stereocenters. The van der Waals surface area contributed by atoms with E-state index >= 15 is 0 Å². The van der Waals surface area contributed by atoms with Gasteiger partial charge in [-0.1, -0.05) is 54.2 Å². The number of aliphatic hydroxyl groups excluding tert-OH is 1. The Kier molecular flexibility index (Phi) is 4.54. The smallest absolute Gasteiger partial charge is 0.302 e. The van der Waals surface area contributed by atoms with Crippen LogP contribution in [0.1, 0.15) is 0 Å². The van der Waals surface area contributed by atoms with Crippen molar-refractivity contribution in [2.45, 2.75) is 11.7 Å². The van der Waals surface area contributed by atoms with Crippen molar-refractivity contribution < 1.29 is 5.11 Å². The number of fused-ring (bicyclic) bond motifs is 1. The van der Waals surface area contributed by atoms with E-state index < -0.39 is 0 Å². The van der Waals surface area contributed by atoms with Crippen molar-refractivity contribution in [3.63, 3.8) is 0 Å². The van der Waals surface area contributed by atoms with E-state index in [1.165, 1.54) is 16.3 Å². The van der Waals surface area contributed by atoms with E-state index in [0.29, 0.717) is 23.2 Å². The van der Waals surface area contributed by atoms with Gasteiger partial charge in [-0.05, 0) is 6.26 Å². The first-order valence-electron chi connectivity index (χ1n) is 6.97. The molecule has 0 saturated carbocycles. The van der Waals surface area contributed by atoms with Crippen molar-refractivity contribution >= 4 is 17.5 Å². The van der Waals surface area contributed by atoms with Crippen LogP contribution >= 0.6 is 11.8 Å². The van der Waals surface area contributed by atoms with E-state index in [1.54, 1.807) is 16.8 Å². The molecule has 7 nitrogen and oxygen atoms in total. The highest BCUT2D eigenvalue weighted by molar-refractivity contribution is 7.98. The van der Waals surface area contributed by atoms with Gasteiger partial charge in [0.25, 0.3) is 5.78 Å². The molecule has 118 valence electrons. The molecule has 0 radical (unpaired) electrons. The zero-order chi connectivity index (χ0) is 16.2. The fourth-order valence-electron chi connectivity index (χ4n) is 2.13. The van der Waals surface area contributed by atoms with Crippen molar-refractivity contribution in [2.75, 3.05) is 12.9 Å². The predicted molar refractivity (Wildman–Crippen MR) is 88.5 cm³/mol. The van der Waals surface area contributed by atoms with Crippen molar-refractivity contribution in [2.24, 2.45) is 0 Å². The highest BCUT2D eigenvalue weighted by Gasteiger charge is 2.15. The summed E-state index contributed by atoms with van der Waals surface area (Å²) in [4.78, 5) is 17.0. The maximum absolute atomic E-state index is 12.7. The van der Waals surface area contributed by atoms with Crippen LogP contribution in [0.15, 0.2) is 52.4 Å². The van der Waals surface area contributed by atoms with Crippen molar-refractivity contribution in [1.82, 2.24) is 24.4 Å². The summed E-state index contributed by atoms with van der Waals surface area (Å²) < 4.78 is 2.87. The van der Waals surface area contributed by atoms with E-state index in [9.17, 15) is 4.79 Å². The van der Waals surface area contributed by atoms with Crippen LogP contribution < -0.4 is 5.56 Å². The van der Waals surface area contributed by atoms with Gasteiger partial charge in [0.1, 0.15) is 0 Å². The second-order valence-electron chi connectivity index (χ2n) is 4.67. The van der Waals surface area contributed by atoms with Gasteiger partial charge in [0.05, 0.1) is 13.2 Å². The quantitative estimate of drug-likeness (QED) is 0.560. The number of allylic oxidation sites excluding steroid dienone is 1. The number of aromatic nitrogens is 5. The first-order chi connectivity index (χ1) is 11.2. The standard InChI is InChI=1S/C15H15N5O2S/c1-23-14-16-15-19(9-5-6-10-21)17-12(13(22)20(15)18-14)11-7-3-2-4-8-11/h2-8,21H,9-10H2,1H3/b6-5-. The third kappa shape index (κ3) is 3.03. The van der Waals surface area contributed by atoms with Crippen LogP contribution in [0.4, 0.5) is 0 Å². The normalized spacial score (nSPS) is 11.6. The molecule has 0 aliphatic carbocycles. The van der Waals surface area contributed by atoms with Gasteiger partial charge in [-0.15, -0.1) is 5.10 Å². The third-order valence-corrected chi connectivity index (χ3v) is 3.74. The van der Waals surface area contributed by atoms with E-state index in [1.807, 2.05) is 36.6 Å². The highest BCUT2D eigenvalue weighted by Crippen LogP contribution is 2.14. The Morgan fingerprint density at radius 3 is 2.70 bits per heavy atom. The molecule has 1 aromatic carbocycles. The summed E-state index contributed by atoms with van der Waals surface area (Å²) in [5.41, 5.74) is 0.731. The molecule has 3 rings (SSSR count). The van der Waals surface area contributed by atoms with Gasteiger partial charge in [-0.25, -0.2) is 4.68 Å². The number of hydrogen-bond acceptors (Lipinski definition) is 6. The molecule has 23 heavy (non-hydrogen) atoms. The molecule has 3 aromatic rings. The fourth-order valence-corrected chi connectivity index (χ4v) is 2.47. The lowest BCUT2D eigenvalue weighted by molar-refractivity contribution is 0.342. The van der Waals surface area contributed by atoms with Crippen LogP contribution in [0.25, 0.3) is 17.0 Å². The summed E-state index contributed by atoms with van der Waals surface area (Å²) in [6.45, 7) is 0.335. The molecule has 0 bridgehead atoms. The fraction of sp³-hybridized carbons (Fsp3) is 0.200. The lowest BCUT2D eigenvalue weighted by Gasteiger charge is -2.07. The van der Waals surface area contributed by atoms with Gasteiger partial charge in [0.2, 0.25) is 5.16 Å². The minimum Gasteiger partial charge on any atom is -0.392 e. The molecule has 0 atom stereocenters. The van der Waals surface area contributed by atoms with Gasteiger partial charge in [0.15, 0.2) is 5.69 Å². The summed E-state index contributed by atoms with van der Waals surface area (Å²) in [5, 5.41) is 18.0. The summed E-state index contributed by atoms with van der Waals surface area (Å²) in [6.07, 6.45) is 5.23. The lowest BCUT2D eigenvalue weighted by Crippen LogP contribution is -2.24. The van der Waals surface area contributed by atoms with Gasteiger partial charge in [-0.3, -0.25) is 4.79 Å². The summed E-state index contributed by atoms with van der Waals surface area (Å²) in [5.74, 6) is 0.377. The molecule has 2 heterocycles. The molecule has 1 N–H and O–H groups in total. The molecular weight excluding hydrogens is 314 g/mol. The Morgan fingerprint density at radius 1 is 1.22 bits per heavy atom. The molecule has 2 aromatic heterocycles. The number of hydrogen-bond donors (Lipinski definition) is 1. The molecular formula is C15H15N5O2S. The monoisotopic (exact) mass is 329 g/mol. The van der Waals surface area contributed by atoms with Crippen LogP contribution in [0, 0.1) is 0 Å². The second-order valence-corrected chi connectivity index (χ2v) is 5.44. The molecule has 0 fully saturated rings. The molecule has 0 amide bonds. The van der Waals surface area contributed by atoms with Crippen LogP contribution in [0.5, 0.6) is 0 Å². The molecule has 0 spiro atoms. The Balaban J connectivity index is 2.23. The Bertz CT molecular complexity index is 901. The molecule has 8 heteroatoms. The Morgan fingerprint density at radius 2 is 2.00 bits per heavy atom. The zero-order valence-corrected chi connectivity index (χ0v) is 13.3. The highest BCUT2D eigenvalue weighted by atomic mass is 32.2. The zero-order valence-electron chi connectivity index (χ0n) is 12.5. The second kappa shape index (κ2) is 6.76. The minimum atomic E-state index is -0.304. The number of benzene rings is 1. The average molecular weight is 329 g/mol. The molecule has 0 saturated heterocycles. The first-order valence-corrected chi connectivity index (χ1v) is 8.20. The summed E-state index contributed by atoms with van der Waals surface area (Å²) in [6, 6.07) is 9.24. The molecule has 0 aliphatic rings. The molecule has 0 aliphatic heterocycles. The van der Waals surface area contributed by atoms with Crippen LogP contribution in [0.3, 0.4) is 0 Å². The van der Waals surface area contributed by atoms with Crippen molar-refractivity contribution in [1.29, 1.82) is 0 Å². The number of rotatable bonds is 5. The largest absolute Gasteiger partial charge is 0.392 e. The van der Waals surface area contributed by atoms with Crippen molar-refractivity contribution in [3.8, 4) is 11.3 Å². The van der Waals surface area contributed by atoms with Gasteiger partial charge in [0, 0.05) is 5.56 Å². The lowest BCUT2D eigenvalue weighted by atomic mass is 10.2.